The number of primary amides is 1. The number of amides is 3. The van der Waals surface area contributed by atoms with Gasteiger partial charge in [-0.25, -0.2) is 9.59 Å². The van der Waals surface area contributed by atoms with Gasteiger partial charge in [0.15, 0.2) is 6.61 Å². The van der Waals surface area contributed by atoms with E-state index in [4.69, 9.17) is 10.5 Å². The molecule has 0 aliphatic carbocycles. The Labute approximate surface area is 138 Å². The molecule has 0 radical (unpaired) electrons. The quantitative estimate of drug-likeness (QED) is 0.732. The normalized spacial score (nSPS) is 9.88. The van der Waals surface area contributed by atoms with Crippen molar-refractivity contribution in [2.24, 2.45) is 5.73 Å². The van der Waals surface area contributed by atoms with E-state index >= 15 is 0 Å². The van der Waals surface area contributed by atoms with E-state index in [0.717, 1.165) is 5.56 Å². The van der Waals surface area contributed by atoms with E-state index in [-0.39, 0.29) is 5.56 Å². The predicted molar refractivity (Wildman–Crippen MR) is 89.7 cm³/mol. The number of nitrogens with two attached hydrogens (primary N) is 1. The molecule has 0 saturated carbocycles. The second kappa shape index (κ2) is 7.77. The fraction of sp³-hybridized carbons (Fsp3) is 0.118. The Hall–Kier alpha value is -3.35. The molecule has 124 valence electrons. The van der Waals surface area contributed by atoms with Gasteiger partial charge >= 0.3 is 12.0 Å². The highest BCUT2D eigenvalue weighted by Gasteiger charge is 2.10. The van der Waals surface area contributed by atoms with Crippen molar-refractivity contribution in [1.82, 2.24) is 0 Å². The fourth-order valence-corrected chi connectivity index (χ4v) is 1.88. The molecule has 0 saturated heterocycles. The second-order valence-corrected chi connectivity index (χ2v) is 5.06. The van der Waals surface area contributed by atoms with Gasteiger partial charge in [0.2, 0.25) is 0 Å². The van der Waals surface area contributed by atoms with Crippen LogP contribution in [0.1, 0.15) is 15.9 Å². The molecular formula is C17H17N3O4. The van der Waals surface area contributed by atoms with E-state index in [0.29, 0.717) is 11.4 Å². The van der Waals surface area contributed by atoms with Gasteiger partial charge in [0, 0.05) is 11.4 Å². The average Bonchev–Trinajstić information content (AvgIpc) is 2.55. The smallest absolute Gasteiger partial charge is 0.338 e. The van der Waals surface area contributed by atoms with Crippen LogP contribution in [-0.4, -0.2) is 24.5 Å². The van der Waals surface area contributed by atoms with Crippen LogP contribution in [-0.2, 0) is 9.53 Å². The number of ether oxygens (including phenoxy) is 1. The predicted octanol–water partition coefficient (Wildman–Crippen LogP) is 2.28. The van der Waals surface area contributed by atoms with Crippen molar-refractivity contribution in [3.63, 3.8) is 0 Å². The van der Waals surface area contributed by atoms with Crippen molar-refractivity contribution >= 4 is 29.3 Å². The van der Waals surface area contributed by atoms with E-state index in [9.17, 15) is 14.4 Å². The third-order valence-electron chi connectivity index (χ3n) is 3.06. The summed E-state index contributed by atoms with van der Waals surface area (Å²) in [6.45, 7) is 1.55. The molecule has 7 heteroatoms. The molecule has 2 aromatic rings. The number of benzene rings is 2. The Kier molecular flexibility index (Phi) is 5.51. The lowest BCUT2D eigenvalue weighted by Gasteiger charge is -2.07. The molecule has 0 unspecified atom stereocenters. The Bertz CT molecular complexity index is 739. The minimum absolute atomic E-state index is 0.258. The minimum Gasteiger partial charge on any atom is -0.452 e. The van der Waals surface area contributed by atoms with Gasteiger partial charge in [-0.15, -0.1) is 0 Å². The molecule has 0 aliphatic rings. The number of esters is 1. The highest BCUT2D eigenvalue weighted by molar-refractivity contribution is 5.96. The zero-order valence-electron chi connectivity index (χ0n) is 13.0. The molecule has 0 aliphatic heterocycles. The standard InChI is InChI=1S/C17H17N3O4/c1-11-2-6-13(7-3-11)19-15(21)10-24-16(22)12-4-8-14(9-5-12)20-17(18)23/h2-9H,10H2,1H3,(H,19,21)(H3,18,20,23). The largest absolute Gasteiger partial charge is 0.452 e. The van der Waals surface area contributed by atoms with Gasteiger partial charge in [0.25, 0.3) is 5.91 Å². The average molecular weight is 327 g/mol. The monoisotopic (exact) mass is 327 g/mol. The highest BCUT2D eigenvalue weighted by Crippen LogP contribution is 2.11. The molecule has 2 aromatic carbocycles. The number of urea groups is 1. The highest BCUT2D eigenvalue weighted by atomic mass is 16.5. The number of aryl methyl sites for hydroxylation is 1. The number of nitrogens with one attached hydrogen (secondary N) is 2. The number of hydrogen-bond donors (Lipinski definition) is 3. The molecule has 0 fully saturated rings. The van der Waals surface area contributed by atoms with Gasteiger partial charge in [-0.3, -0.25) is 4.79 Å². The van der Waals surface area contributed by atoms with Crippen LogP contribution in [0, 0.1) is 6.92 Å². The molecule has 4 N–H and O–H groups in total. The van der Waals surface area contributed by atoms with E-state index in [1.165, 1.54) is 24.3 Å². The molecule has 0 bridgehead atoms. The molecule has 24 heavy (non-hydrogen) atoms. The Morgan fingerprint density at radius 2 is 1.46 bits per heavy atom. The number of anilines is 2. The molecule has 0 spiro atoms. The lowest BCUT2D eigenvalue weighted by Crippen LogP contribution is -2.21. The number of rotatable bonds is 5. The lowest BCUT2D eigenvalue weighted by molar-refractivity contribution is -0.119. The maximum Gasteiger partial charge on any atom is 0.338 e. The summed E-state index contributed by atoms with van der Waals surface area (Å²) in [6.07, 6.45) is 0. The van der Waals surface area contributed by atoms with Crippen molar-refractivity contribution < 1.29 is 19.1 Å². The summed E-state index contributed by atoms with van der Waals surface area (Å²) in [5, 5.41) is 5.00. The Balaban J connectivity index is 1.84. The van der Waals surface area contributed by atoms with Crippen LogP contribution in [0.2, 0.25) is 0 Å². The van der Waals surface area contributed by atoms with Crippen molar-refractivity contribution in [1.29, 1.82) is 0 Å². The third kappa shape index (κ3) is 5.13. The van der Waals surface area contributed by atoms with Gasteiger partial charge < -0.3 is 21.1 Å². The van der Waals surface area contributed by atoms with Gasteiger partial charge in [0.1, 0.15) is 0 Å². The van der Waals surface area contributed by atoms with Gasteiger partial charge in [0.05, 0.1) is 5.56 Å². The van der Waals surface area contributed by atoms with Crippen molar-refractivity contribution in [2.75, 3.05) is 17.2 Å². The van der Waals surface area contributed by atoms with Crippen molar-refractivity contribution in [3.8, 4) is 0 Å². The summed E-state index contributed by atoms with van der Waals surface area (Å²) in [5.74, 6) is -1.07. The maximum atomic E-state index is 11.9. The number of carbonyl (C=O) groups is 3. The second-order valence-electron chi connectivity index (χ2n) is 5.06. The summed E-state index contributed by atoms with van der Waals surface area (Å²) in [6, 6.07) is 12.5. The number of hydrogen-bond acceptors (Lipinski definition) is 4. The zero-order valence-corrected chi connectivity index (χ0v) is 13.0. The molecule has 7 nitrogen and oxygen atoms in total. The summed E-state index contributed by atoms with van der Waals surface area (Å²) in [5.41, 5.74) is 7.41. The van der Waals surface area contributed by atoms with Gasteiger partial charge in [-0.1, -0.05) is 17.7 Å². The van der Waals surface area contributed by atoms with Crippen LogP contribution >= 0.6 is 0 Å². The van der Waals surface area contributed by atoms with E-state index in [1.54, 1.807) is 12.1 Å². The maximum absolute atomic E-state index is 11.9. The van der Waals surface area contributed by atoms with Crippen molar-refractivity contribution in [3.05, 3.63) is 59.7 Å². The molecule has 0 heterocycles. The molecular weight excluding hydrogens is 310 g/mol. The fourth-order valence-electron chi connectivity index (χ4n) is 1.88. The van der Waals surface area contributed by atoms with Crippen LogP contribution in [0.3, 0.4) is 0 Å². The van der Waals surface area contributed by atoms with Crippen LogP contribution < -0.4 is 16.4 Å². The van der Waals surface area contributed by atoms with Crippen LogP contribution in [0.15, 0.2) is 48.5 Å². The zero-order chi connectivity index (χ0) is 17.5. The Morgan fingerprint density at radius 1 is 0.917 bits per heavy atom. The first-order valence-electron chi connectivity index (χ1n) is 7.14. The van der Waals surface area contributed by atoms with Gasteiger partial charge in [-0.05, 0) is 43.3 Å². The first kappa shape index (κ1) is 17.0. The SMILES string of the molecule is Cc1ccc(NC(=O)COC(=O)c2ccc(NC(N)=O)cc2)cc1. The van der Waals surface area contributed by atoms with E-state index in [1.807, 2.05) is 19.1 Å². The van der Waals surface area contributed by atoms with Crippen LogP contribution in [0.4, 0.5) is 16.2 Å². The first-order valence-corrected chi connectivity index (χ1v) is 7.14. The van der Waals surface area contributed by atoms with Crippen LogP contribution in [0.25, 0.3) is 0 Å². The van der Waals surface area contributed by atoms with Crippen LogP contribution in [0.5, 0.6) is 0 Å². The first-order chi connectivity index (χ1) is 11.4. The Morgan fingerprint density at radius 3 is 2.04 bits per heavy atom. The number of carbonyl (C=O) groups excluding carboxylic acids is 3. The van der Waals surface area contributed by atoms with E-state index < -0.39 is 24.5 Å². The summed E-state index contributed by atoms with van der Waals surface area (Å²) < 4.78 is 4.94. The summed E-state index contributed by atoms with van der Waals surface area (Å²) >= 11 is 0. The molecule has 0 aromatic heterocycles. The van der Waals surface area contributed by atoms with Crippen molar-refractivity contribution in [2.45, 2.75) is 6.92 Å². The molecule has 2 rings (SSSR count). The summed E-state index contributed by atoms with van der Waals surface area (Å²) in [7, 11) is 0. The minimum atomic E-state index is -0.696. The van der Waals surface area contributed by atoms with E-state index in [2.05, 4.69) is 10.6 Å². The van der Waals surface area contributed by atoms with Gasteiger partial charge in [-0.2, -0.15) is 0 Å². The third-order valence-corrected chi connectivity index (χ3v) is 3.06. The molecule has 0 atom stereocenters. The lowest BCUT2D eigenvalue weighted by atomic mass is 10.2. The molecule has 3 amide bonds. The topological polar surface area (TPSA) is 111 Å². The summed E-state index contributed by atoms with van der Waals surface area (Å²) in [4.78, 5) is 34.3.